The van der Waals surface area contributed by atoms with Gasteiger partial charge in [-0.25, -0.2) is 18.5 Å². The molecule has 0 radical (unpaired) electrons. The zero-order chi connectivity index (χ0) is 21.0. The molecule has 1 aliphatic heterocycles. The first kappa shape index (κ1) is 20.7. The highest BCUT2D eigenvalue weighted by Gasteiger charge is 2.42. The fourth-order valence-corrected chi connectivity index (χ4v) is 3.35. The van der Waals surface area contributed by atoms with Crippen molar-refractivity contribution < 1.29 is 14.0 Å². The van der Waals surface area contributed by atoms with E-state index in [0.717, 1.165) is 15.2 Å². The lowest BCUT2D eigenvalue weighted by Gasteiger charge is -2.23. The van der Waals surface area contributed by atoms with Crippen molar-refractivity contribution in [1.29, 1.82) is 0 Å². The third-order valence-electron chi connectivity index (χ3n) is 4.58. The van der Waals surface area contributed by atoms with E-state index in [1.165, 1.54) is 32.1 Å². The Morgan fingerprint density at radius 1 is 1.21 bits per heavy atom. The maximum absolute atomic E-state index is 14.6. The van der Waals surface area contributed by atoms with E-state index in [1.807, 2.05) is 0 Å². The summed E-state index contributed by atoms with van der Waals surface area (Å²) in [5, 5.41) is 0.566. The number of nitrogens with zero attached hydrogens (tertiary/aromatic N) is 4. The van der Waals surface area contributed by atoms with Gasteiger partial charge in [-0.2, -0.15) is 0 Å². The molecule has 1 unspecified atom stereocenters. The second kappa shape index (κ2) is 7.11. The van der Waals surface area contributed by atoms with E-state index in [4.69, 9.17) is 40.3 Å². The summed E-state index contributed by atoms with van der Waals surface area (Å²) in [6.07, 6.45) is 0.277. The molecule has 2 heterocycles. The van der Waals surface area contributed by atoms with Gasteiger partial charge < -0.3 is 0 Å². The molecule has 28 heavy (non-hydrogen) atoms. The smallest absolute Gasteiger partial charge is 0.278 e. The van der Waals surface area contributed by atoms with Crippen LogP contribution < -0.4 is 16.4 Å². The van der Waals surface area contributed by atoms with E-state index < -0.39 is 28.0 Å². The van der Waals surface area contributed by atoms with Gasteiger partial charge in [0.25, 0.3) is 5.24 Å². The van der Waals surface area contributed by atoms with Crippen molar-refractivity contribution in [1.82, 2.24) is 13.7 Å². The van der Waals surface area contributed by atoms with Crippen molar-refractivity contribution in [2.24, 2.45) is 14.1 Å². The summed E-state index contributed by atoms with van der Waals surface area (Å²) in [5.41, 5.74) is -3.04. The van der Waals surface area contributed by atoms with Crippen molar-refractivity contribution in [2.45, 2.75) is 18.9 Å². The van der Waals surface area contributed by atoms with Crippen LogP contribution in [0.2, 0.25) is 5.02 Å². The van der Waals surface area contributed by atoms with Crippen molar-refractivity contribution in [3.8, 4) is 5.69 Å². The van der Waals surface area contributed by atoms with Gasteiger partial charge in [0, 0.05) is 27.1 Å². The average Bonchev–Trinajstić information content (AvgIpc) is 3.03. The maximum atomic E-state index is 14.6. The Balaban J connectivity index is 2.21. The molecule has 1 aromatic carbocycles. The minimum absolute atomic E-state index is 0.0138. The first-order chi connectivity index (χ1) is 13.0. The molecule has 1 atom stereocenters. The first-order valence-corrected chi connectivity index (χ1v) is 9.19. The molecule has 1 aliphatic rings. The summed E-state index contributed by atoms with van der Waals surface area (Å²) in [7, 11) is 2.74. The van der Waals surface area contributed by atoms with Gasteiger partial charge in [0.05, 0.1) is 16.4 Å². The summed E-state index contributed by atoms with van der Waals surface area (Å²) in [6, 6.07) is 2.16. The molecule has 0 bridgehead atoms. The summed E-state index contributed by atoms with van der Waals surface area (Å²) >= 11 is 16.7. The average molecular weight is 449 g/mol. The summed E-state index contributed by atoms with van der Waals surface area (Å²) in [4.78, 5) is 42.3. The molecule has 0 aliphatic carbocycles. The van der Waals surface area contributed by atoms with Crippen LogP contribution in [0.4, 0.5) is 10.1 Å². The van der Waals surface area contributed by atoms with Crippen molar-refractivity contribution in [3.05, 3.63) is 48.7 Å². The van der Waals surface area contributed by atoms with Crippen molar-refractivity contribution in [3.63, 3.8) is 0 Å². The molecular weight excluding hydrogens is 434 g/mol. The zero-order valence-corrected chi connectivity index (χ0v) is 17.4. The van der Waals surface area contributed by atoms with Crippen LogP contribution in [-0.2, 0) is 23.7 Å². The number of hydroxylamine groups is 1. The molecule has 8 nitrogen and oxygen atoms in total. The second-order valence-corrected chi connectivity index (χ2v) is 7.62. The minimum Gasteiger partial charge on any atom is -0.278 e. The molecule has 0 N–H and O–H groups in total. The summed E-state index contributed by atoms with van der Waals surface area (Å²) in [6.45, 7) is 1.76. The van der Waals surface area contributed by atoms with E-state index in [1.54, 1.807) is 0 Å². The van der Waals surface area contributed by atoms with Gasteiger partial charge in [0.1, 0.15) is 5.82 Å². The third kappa shape index (κ3) is 3.20. The molecule has 150 valence electrons. The van der Waals surface area contributed by atoms with E-state index >= 15 is 0 Å². The summed E-state index contributed by atoms with van der Waals surface area (Å²) < 4.78 is 17.4. The summed E-state index contributed by atoms with van der Waals surface area (Å²) in [5.74, 6) is -0.888. The van der Waals surface area contributed by atoms with Gasteiger partial charge in [-0.3, -0.25) is 23.8 Å². The van der Waals surface area contributed by atoms with E-state index in [2.05, 4.69) is 0 Å². The minimum atomic E-state index is -1.26. The largest absolute Gasteiger partial charge is 0.338 e. The van der Waals surface area contributed by atoms with Crippen molar-refractivity contribution >= 4 is 46.3 Å². The van der Waals surface area contributed by atoms with Gasteiger partial charge in [0.2, 0.25) is 0 Å². The molecule has 0 spiro atoms. The van der Waals surface area contributed by atoms with E-state index in [-0.39, 0.29) is 34.1 Å². The fourth-order valence-electron chi connectivity index (χ4n) is 2.82. The van der Waals surface area contributed by atoms with Crippen LogP contribution in [0.3, 0.4) is 0 Å². The molecule has 1 saturated heterocycles. The van der Waals surface area contributed by atoms with Gasteiger partial charge >= 0.3 is 11.4 Å². The number of anilines is 1. The monoisotopic (exact) mass is 448 g/mol. The van der Waals surface area contributed by atoms with E-state index in [0.29, 0.717) is 4.57 Å². The highest BCUT2D eigenvalue weighted by Crippen LogP contribution is 2.37. The predicted octanol–water partition coefficient (Wildman–Crippen LogP) is 2.06. The standard InChI is InChI=1S/C16H15Cl2FN4O4S/c1-16(12(18)24)4-5-22(27-16)10-7-11(9(19)6-8(10)17)23-13(25)20(2)15(28)21(3)14(23)26/h6-7H,4-5H2,1-3H3. The molecule has 3 rings (SSSR count). The van der Waals surface area contributed by atoms with Crippen LogP contribution >= 0.6 is 35.4 Å². The van der Waals surface area contributed by atoms with Crippen LogP contribution in [0, 0.1) is 10.6 Å². The number of carbonyl (C=O) groups is 1. The fraction of sp³-hybridized carbons (Fsp3) is 0.375. The Morgan fingerprint density at radius 2 is 1.79 bits per heavy atom. The van der Waals surface area contributed by atoms with Crippen LogP contribution in [-0.4, -0.2) is 31.1 Å². The predicted molar refractivity (Wildman–Crippen MR) is 104 cm³/mol. The third-order valence-corrected chi connectivity index (χ3v) is 5.83. The number of aromatic nitrogens is 3. The molecular formula is C16H15Cl2FN4O4S. The lowest BCUT2D eigenvalue weighted by molar-refractivity contribution is -0.129. The number of benzene rings is 1. The Labute approximate surface area is 173 Å². The molecule has 1 fully saturated rings. The number of halogens is 3. The van der Waals surface area contributed by atoms with Crippen molar-refractivity contribution in [2.75, 3.05) is 11.6 Å². The lowest BCUT2D eigenvalue weighted by Crippen LogP contribution is -2.44. The Bertz CT molecular complexity index is 1130. The normalized spacial score (nSPS) is 19.3. The highest BCUT2D eigenvalue weighted by molar-refractivity contribution is 7.71. The van der Waals surface area contributed by atoms with Crippen LogP contribution in [0.5, 0.6) is 0 Å². The van der Waals surface area contributed by atoms with Gasteiger partial charge in [-0.05, 0) is 42.9 Å². The lowest BCUT2D eigenvalue weighted by atomic mass is 10.1. The first-order valence-electron chi connectivity index (χ1n) is 8.03. The molecule has 0 saturated carbocycles. The SMILES string of the molecule is Cn1c(=S)n(C)c(=O)n(-c2cc(N3CCC(C)(C(=O)Cl)O3)c(Cl)cc2F)c1=O. The second-order valence-electron chi connectivity index (χ2n) is 6.50. The molecule has 12 heteroatoms. The molecule has 2 aromatic rings. The van der Waals surface area contributed by atoms with Gasteiger partial charge in [0.15, 0.2) is 10.4 Å². The van der Waals surface area contributed by atoms with Gasteiger partial charge in [-0.1, -0.05) is 11.6 Å². The maximum Gasteiger partial charge on any atom is 0.338 e. The van der Waals surface area contributed by atoms with Gasteiger partial charge in [-0.15, -0.1) is 0 Å². The van der Waals surface area contributed by atoms with E-state index in [9.17, 15) is 18.8 Å². The number of rotatable bonds is 3. The number of hydrogen-bond donors (Lipinski definition) is 0. The van der Waals surface area contributed by atoms with Crippen LogP contribution in [0.1, 0.15) is 13.3 Å². The Kier molecular flexibility index (Phi) is 5.26. The number of hydrogen-bond acceptors (Lipinski definition) is 6. The Morgan fingerprint density at radius 3 is 2.29 bits per heavy atom. The molecule has 1 aromatic heterocycles. The zero-order valence-electron chi connectivity index (χ0n) is 15.0. The molecule has 0 amide bonds. The quantitative estimate of drug-likeness (QED) is 0.528. The Hall–Kier alpha value is -2.01. The number of carbonyl (C=O) groups excluding carboxylic acids is 1. The van der Waals surface area contributed by atoms with Crippen LogP contribution in [0.15, 0.2) is 21.7 Å². The topological polar surface area (TPSA) is 78.5 Å². The highest BCUT2D eigenvalue weighted by atomic mass is 35.5. The van der Waals surface area contributed by atoms with Crippen LogP contribution in [0.25, 0.3) is 5.69 Å².